The summed E-state index contributed by atoms with van der Waals surface area (Å²) in [5, 5.41) is 3.41. The molecule has 1 heterocycles. The van der Waals surface area contributed by atoms with E-state index in [0.717, 1.165) is 5.82 Å². The van der Waals surface area contributed by atoms with Gasteiger partial charge < -0.3 is 5.32 Å². The Balaban J connectivity index is 2.42. The third-order valence-corrected chi connectivity index (χ3v) is 3.07. The van der Waals surface area contributed by atoms with Gasteiger partial charge in [-0.25, -0.2) is 4.98 Å². The second-order valence-corrected chi connectivity index (χ2v) is 4.65. The minimum atomic E-state index is 0.512. The molecule has 15 heavy (non-hydrogen) atoms. The fourth-order valence-electron chi connectivity index (χ4n) is 1.42. The van der Waals surface area contributed by atoms with Crippen LogP contribution in [0.15, 0.2) is 23.2 Å². The monoisotopic (exact) mass is 224 g/mol. The molecule has 0 aliphatic rings. The molecular formula is C12H20N2S. The molecule has 0 aliphatic heterocycles. The third-order valence-electron chi connectivity index (χ3n) is 2.36. The summed E-state index contributed by atoms with van der Waals surface area (Å²) in [6.07, 6.45) is 7.72. The molecule has 0 amide bonds. The van der Waals surface area contributed by atoms with Gasteiger partial charge in [-0.3, -0.25) is 0 Å². The zero-order valence-corrected chi connectivity index (χ0v) is 10.6. The summed E-state index contributed by atoms with van der Waals surface area (Å²) in [6, 6.07) is 4.67. The fraction of sp³-hybridized carbons (Fsp3) is 0.583. The number of nitrogens with one attached hydrogen (secondary N) is 1. The average molecular weight is 224 g/mol. The van der Waals surface area contributed by atoms with Crippen molar-refractivity contribution in [2.45, 2.75) is 44.0 Å². The number of thioether (sulfide) groups is 1. The first-order chi connectivity index (χ1) is 7.26. The van der Waals surface area contributed by atoms with Crippen LogP contribution in [0, 0.1) is 0 Å². The first-order valence-electron chi connectivity index (χ1n) is 5.52. The average Bonchev–Trinajstić information content (AvgIpc) is 2.27. The Morgan fingerprint density at radius 2 is 2.27 bits per heavy atom. The minimum Gasteiger partial charge on any atom is -0.368 e. The molecule has 0 bridgehead atoms. The van der Waals surface area contributed by atoms with Crippen LogP contribution >= 0.6 is 11.8 Å². The number of aromatic nitrogens is 1. The van der Waals surface area contributed by atoms with Gasteiger partial charge in [0.05, 0.1) is 0 Å². The van der Waals surface area contributed by atoms with Gasteiger partial charge in [-0.15, -0.1) is 11.8 Å². The van der Waals surface area contributed by atoms with Gasteiger partial charge in [0.15, 0.2) is 0 Å². The summed E-state index contributed by atoms with van der Waals surface area (Å²) in [7, 11) is 0. The maximum absolute atomic E-state index is 4.37. The normalized spacial score (nSPS) is 12.5. The van der Waals surface area contributed by atoms with E-state index in [4.69, 9.17) is 0 Å². The Labute approximate surface area is 96.9 Å². The van der Waals surface area contributed by atoms with Gasteiger partial charge in [-0.1, -0.05) is 19.8 Å². The number of anilines is 1. The Bertz CT molecular complexity index is 271. The SMILES string of the molecule is CCCCC(C)Nc1ccc(SC)cn1. The van der Waals surface area contributed by atoms with Gasteiger partial charge in [-0.05, 0) is 31.7 Å². The smallest absolute Gasteiger partial charge is 0.126 e. The van der Waals surface area contributed by atoms with E-state index >= 15 is 0 Å². The molecule has 3 heteroatoms. The molecule has 1 atom stereocenters. The number of nitrogens with zero attached hydrogens (tertiary/aromatic N) is 1. The first-order valence-corrected chi connectivity index (χ1v) is 6.75. The largest absolute Gasteiger partial charge is 0.368 e. The zero-order chi connectivity index (χ0) is 11.1. The molecule has 1 rings (SSSR count). The van der Waals surface area contributed by atoms with E-state index in [9.17, 15) is 0 Å². The van der Waals surface area contributed by atoms with Crippen molar-refractivity contribution in [2.75, 3.05) is 11.6 Å². The number of hydrogen-bond acceptors (Lipinski definition) is 3. The molecule has 0 aromatic carbocycles. The van der Waals surface area contributed by atoms with Gasteiger partial charge in [0.25, 0.3) is 0 Å². The van der Waals surface area contributed by atoms with Crippen LogP contribution in [0.1, 0.15) is 33.1 Å². The van der Waals surface area contributed by atoms with E-state index in [0.29, 0.717) is 6.04 Å². The van der Waals surface area contributed by atoms with Gasteiger partial charge in [0, 0.05) is 17.1 Å². The van der Waals surface area contributed by atoms with Gasteiger partial charge >= 0.3 is 0 Å². The number of pyridine rings is 1. The van der Waals surface area contributed by atoms with Crippen molar-refractivity contribution in [1.29, 1.82) is 0 Å². The van der Waals surface area contributed by atoms with Crippen LogP contribution in [-0.4, -0.2) is 17.3 Å². The predicted molar refractivity (Wildman–Crippen MR) is 68.6 cm³/mol. The molecule has 1 aromatic heterocycles. The highest BCUT2D eigenvalue weighted by molar-refractivity contribution is 7.98. The first kappa shape index (κ1) is 12.4. The lowest BCUT2D eigenvalue weighted by atomic mass is 10.1. The van der Waals surface area contributed by atoms with Crippen molar-refractivity contribution in [3.63, 3.8) is 0 Å². The molecule has 0 radical (unpaired) electrons. The summed E-state index contributed by atoms with van der Waals surface area (Å²) in [5.74, 6) is 0.983. The van der Waals surface area contributed by atoms with E-state index in [1.807, 2.05) is 12.3 Å². The molecule has 0 saturated heterocycles. The van der Waals surface area contributed by atoms with Crippen molar-refractivity contribution in [3.05, 3.63) is 18.3 Å². The topological polar surface area (TPSA) is 24.9 Å². The van der Waals surface area contributed by atoms with Crippen molar-refractivity contribution < 1.29 is 0 Å². The second-order valence-electron chi connectivity index (χ2n) is 3.77. The molecule has 1 unspecified atom stereocenters. The summed E-state index contributed by atoms with van der Waals surface area (Å²) in [4.78, 5) is 5.58. The van der Waals surface area contributed by atoms with Crippen LogP contribution in [0.3, 0.4) is 0 Å². The summed E-state index contributed by atoms with van der Waals surface area (Å²) >= 11 is 1.72. The summed E-state index contributed by atoms with van der Waals surface area (Å²) < 4.78 is 0. The number of unbranched alkanes of at least 4 members (excludes halogenated alkanes) is 1. The molecular weight excluding hydrogens is 204 g/mol. The highest BCUT2D eigenvalue weighted by atomic mass is 32.2. The molecule has 0 saturated carbocycles. The van der Waals surface area contributed by atoms with E-state index in [1.54, 1.807) is 11.8 Å². The second kappa shape index (κ2) is 6.72. The Kier molecular flexibility index (Phi) is 5.54. The van der Waals surface area contributed by atoms with E-state index in [1.165, 1.54) is 24.2 Å². The molecule has 2 nitrogen and oxygen atoms in total. The number of hydrogen-bond donors (Lipinski definition) is 1. The highest BCUT2D eigenvalue weighted by Gasteiger charge is 2.01. The number of rotatable bonds is 6. The van der Waals surface area contributed by atoms with Crippen LogP contribution in [0.4, 0.5) is 5.82 Å². The summed E-state index contributed by atoms with van der Waals surface area (Å²) in [6.45, 7) is 4.43. The Hall–Kier alpha value is -0.700. The molecule has 0 fully saturated rings. The van der Waals surface area contributed by atoms with Crippen LogP contribution in [0.5, 0.6) is 0 Å². The Morgan fingerprint density at radius 3 is 2.80 bits per heavy atom. The van der Waals surface area contributed by atoms with Crippen molar-refractivity contribution >= 4 is 17.6 Å². The molecule has 0 spiro atoms. The maximum Gasteiger partial charge on any atom is 0.126 e. The van der Waals surface area contributed by atoms with Crippen LogP contribution in [0.2, 0.25) is 0 Å². The van der Waals surface area contributed by atoms with Crippen LogP contribution < -0.4 is 5.32 Å². The maximum atomic E-state index is 4.37. The van der Waals surface area contributed by atoms with Crippen molar-refractivity contribution in [1.82, 2.24) is 4.98 Å². The highest BCUT2D eigenvalue weighted by Crippen LogP contribution is 2.15. The molecule has 1 aromatic rings. The van der Waals surface area contributed by atoms with Crippen LogP contribution in [-0.2, 0) is 0 Å². The zero-order valence-electron chi connectivity index (χ0n) is 9.79. The van der Waals surface area contributed by atoms with Crippen molar-refractivity contribution in [2.24, 2.45) is 0 Å². The van der Waals surface area contributed by atoms with Gasteiger partial charge in [-0.2, -0.15) is 0 Å². The van der Waals surface area contributed by atoms with E-state index < -0.39 is 0 Å². The minimum absolute atomic E-state index is 0.512. The fourth-order valence-corrected chi connectivity index (χ4v) is 1.78. The van der Waals surface area contributed by atoms with Gasteiger partial charge in [0.2, 0.25) is 0 Å². The standard InChI is InChI=1S/C12H20N2S/c1-4-5-6-10(2)14-12-8-7-11(15-3)9-13-12/h7-10H,4-6H2,1-3H3,(H,13,14). The lowest BCUT2D eigenvalue weighted by molar-refractivity contribution is 0.643. The molecule has 1 N–H and O–H groups in total. The van der Waals surface area contributed by atoms with E-state index in [-0.39, 0.29) is 0 Å². The van der Waals surface area contributed by atoms with Crippen molar-refractivity contribution in [3.8, 4) is 0 Å². The predicted octanol–water partition coefficient (Wildman–Crippen LogP) is 3.79. The van der Waals surface area contributed by atoms with Crippen LogP contribution in [0.25, 0.3) is 0 Å². The third kappa shape index (κ3) is 4.56. The van der Waals surface area contributed by atoms with Gasteiger partial charge in [0.1, 0.15) is 5.82 Å². The quantitative estimate of drug-likeness (QED) is 0.744. The molecule has 84 valence electrons. The lowest BCUT2D eigenvalue weighted by Crippen LogP contribution is -2.15. The summed E-state index contributed by atoms with van der Waals surface area (Å²) in [5.41, 5.74) is 0. The molecule has 0 aliphatic carbocycles. The Morgan fingerprint density at radius 1 is 1.47 bits per heavy atom. The lowest BCUT2D eigenvalue weighted by Gasteiger charge is -2.13. The van der Waals surface area contributed by atoms with E-state index in [2.05, 4.69) is 36.5 Å².